The number of hydrogen-bond donors (Lipinski definition) is 1. The smallest absolute Gasteiger partial charge is 0.203 e. The molecule has 0 unspecified atom stereocenters. The molecule has 1 fully saturated rings. The summed E-state index contributed by atoms with van der Waals surface area (Å²) in [6.45, 7) is 1.15. The molecular weight excluding hydrogens is 206 g/mol. The number of hydrogen-bond acceptors (Lipinski definition) is 4. The predicted molar refractivity (Wildman–Crippen MR) is 59.1 cm³/mol. The van der Waals surface area contributed by atoms with Gasteiger partial charge in [0.1, 0.15) is 13.2 Å². The van der Waals surface area contributed by atoms with Crippen molar-refractivity contribution in [3.8, 4) is 17.2 Å². The Morgan fingerprint density at radius 3 is 2.69 bits per heavy atom. The van der Waals surface area contributed by atoms with Gasteiger partial charge in [-0.1, -0.05) is 0 Å². The monoisotopic (exact) mass is 221 g/mol. The number of methoxy groups -OCH3 is 1. The molecule has 0 atom stereocenters. The van der Waals surface area contributed by atoms with Crippen LogP contribution in [0.5, 0.6) is 17.2 Å². The third kappa shape index (κ3) is 1.41. The number of nitrogens with two attached hydrogens (primary N) is 1. The fourth-order valence-electron chi connectivity index (χ4n) is 1.98. The molecule has 4 heteroatoms. The van der Waals surface area contributed by atoms with Gasteiger partial charge in [-0.05, 0) is 30.5 Å². The van der Waals surface area contributed by atoms with Crippen molar-refractivity contribution in [2.45, 2.75) is 18.4 Å². The standard InChI is InChI=1S/C12H15NO3/c1-14-9-6-8(12(13)2-3-12)7-10-11(9)16-5-4-15-10/h6-7H,2-5,13H2,1H3. The van der Waals surface area contributed by atoms with Crippen LogP contribution < -0.4 is 19.9 Å². The average molecular weight is 221 g/mol. The van der Waals surface area contributed by atoms with Gasteiger partial charge in [-0.15, -0.1) is 0 Å². The third-order valence-electron chi connectivity index (χ3n) is 3.19. The highest BCUT2D eigenvalue weighted by Gasteiger charge is 2.41. The Morgan fingerprint density at radius 2 is 2.00 bits per heavy atom. The van der Waals surface area contributed by atoms with Crippen LogP contribution in [0, 0.1) is 0 Å². The van der Waals surface area contributed by atoms with Crippen molar-refractivity contribution in [2.75, 3.05) is 20.3 Å². The number of fused-ring (bicyclic) bond motifs is 1. The van der Waals surface area contributed by atoms with Gasteiger partial charge < -0.3 is 19.9 Å². The Kier molecular flexibility index (Phi) is 2.01. The molecule has 1 aliphatic carbocycles. The highest BCUT2D eigenvalue weighted by atomic mass is 16.6. The summed E-state index contributed by atoms with van der Waals surface area (Å²) in [5.74, 6) is 2.16. The molecular formula is C12H15NO3. The van der Waals surface area contributed by atoms with Crippen LogP contribution in [0.2, 0.25) is 0 Å². The second kappa shape index (κ2) is 3.28. The molecule has 1 aromatic rings. The van der Waals surface area contributed by atoms with Crippen molar-refractivity contribution >= 4 is 0 Å². The fraction of sp³-hybridized carbons (Fsp3) is 0.500. The summed E-state index contributed by atoms with van der Waals surface area (Å²) < 4.78 is 16.4. The second-order valence-electron chi connectivity index (χ2n) is 4.36. The molecule has 1 saturated carbocycles. The molecule has 86 valence electrons. The number of rotatable bonds is 2. The number of ether oxygens (including phenoxy) is 3. The molecule has 0 amide bonds. The maximum atomic E-state index is 6.17. The summed E-state index contributed by atoms with van der Waals surface area (Å²) in [4.78, 5) is 0. The van der Waals surface area contributed by atoms with Crippen LogP contribution in [0.3, 0.4) is 0 Å². The van der Waals surface area contributed by atoms with Gasteiger partial charge in [-0.2, -0.15) is 0 Å². The second-order valence-corrected chi connectivity index (χ2v) is 4.36. The molecule has 0 radical (unpaired) electrons. The van der Waals surface area contributed by atoms with Crippen LogP contribution in [0.4, 0.5) is 0 Å². The summed E-state index contributed by atoms with van der Waals surface area (Å²) >= 11 is 0. The van der Waals surface area contributed by atoms with E-state index in [2.05, 4.69) is 0 Å². The van der Waals surface area contributed by atoms with Crippen LogP contribution in [0.1, 0.15) is 18.4 Å². The van der Waals surface area contributed by atoms with Gasteiger partial charge in [0, 0.05) is 5.54 Å². The van der Waals surface area contributed by atoms with E-state index in [1.165, 1.54) is 0 Å². The minimum atomic E-state index is -0.177. The van der Waals surface area contributed by atoms with E-state index in [1.54, 1.807) is 7.11 Å². The lowest BCUT2D eigenvalue weighted by molar-refractivity contribution is 0.164. The molecule has 1 heterocycles. The molecule has 0 spiro atoms. The summed E-state index contributed by atoms with van der Waals surface area (Å²) in [5.41, 5.74) is 7.07. The quantitative estimate of drug-likeness (QED) is 0.820. The first-order valence-electron chi connectivity index (χ1n) is 5.50. The van der Waals surface area contributed by atoms with E-state index in [0.29, 0.717) is 24.7 Å². The van der Waals surface area contributed by atoms with Crippen molar-refractivity contribution in [1.29, 1.82) is 0 Å². The summed E-state index contributed by atoms with van der Waals surface area (Å²) in [7, 11) is 1.63. The van der Waals surface area contributed by atoms with Crippen LogP contribution in [-0.4, -0.2) is 20.3 Å². The molecule has 2 aliphatic rings. The molecule has 0 bridgehead atoms. The zero-order valence-corrected chi connectivity index (χ0v) is 9.29. The van der Waals surface area contributed by atoms with Gasteiger partial charge in [-0.25, -0.2) is 0 Å². The lowest BCUT2D eigenvalue weighted by Gasteiger charge is -2.22. The van der Waals surface area contributed by atoms with Crippen LogP contribution in [0.15, 0.2) is 12.1 Å². The Labute approximate surface area is 94.3 Å². The largest absolute Gasteiger partial charge is 0.493 e. The van der Waals surface area contributed by atoms with E-state index >= 15 is 0 Å². The van der Waals surface area contributed by atoms with Gasteiger partial charge in [0.15, 0.2) is 11.5 Å². The first-order chi connectivity index (χ1) is 7.73. The zero-order valence-electron chi connectivity index (χ0n) is 9.29. The molecule has 4 nitrogen and oxygen atoms in total. The van der Waals surface area contributed by atoms with Gasteiger partial charge >= 0.3 is 0 Å². The lowest BCUT2D eigenvalue weighted by atomic mass is 10.0. The van der Waals surface area contributed by atoms with Crippen molar-refractivity contribution in [3.05, 3.63) is 17.7 Å². The molecule has 1 aromatic carbocycles. The third-order valence-corrected chi connectivity index (χ3v) is 3.19. The van der Waals surface area contributed by atoms with E-state index in [1.807, 2.05) is 12.1 Å². The SMILES string of the molecule is COc1cc(C2(N)CC2)cc2c1OCCO2. The van der Waals surface area contributed by atoms with E-state index in [4.69, 9.17) is 19.9 Å². The van der Waals surface area contributed by atoms with Crippen molar-refractivity contribution in [2.24, 2.45) is 5.73 Å². The molecule has 0 saturated heterocycles. The highest BCUT2D eigenvalue weighted by Crippen LogP contribution is 2.48. The Morgan fingerprint density at radius 1 is 1.25 bits per heavy atom. The van der Waals surface area contributed by atoms with E-state index in [-0.39, 0.29) is 5.54 Å². The lowest BCUT2D eigenvalue weighted by Crippen LogP contribution is -2.21. The summed E-state index contributed by atoms with van der Waals surface area (Å²) in [6, 6.07) is 3.94. The Hall–Kier alpha value is -1.42. The Balaban J connectivity index is 2.09. The molecule has 1 aliphatic heterocycles. The summed E-state index contributed by atoms with van der Waals surface area (Å²) in [5, 5.41) is 0. The normalized spacial score (nSPS) is 20.4. The minimum Gasteiger partial charge on any atom is -0.493 e. The van der Waals surface area contributed by atoms with Crippen molar-refractivity contribution in [3.63, 3.8) is 0 Å². The van der Waals surface area contributed by atoms with Crippen molar-refractivity contribution < 1.29 is 14.2 Å². The maximum Gasteiger partial charge on any atom is 0.203 e. The van der Waals surface area contributed by atoms with Gasteiger partial charge in [0.05, 0.1) is 7.11 Å². The highest BCUT2D eigenvalue weighted by molar-refractivity contribution is 5.56. The number of benzene rings is 1. The first kappa shape index (κ1) is 9.78. The Bertz CT molecular complexity index is 409. The van der Waals surface area contributed by atoms with Crippen LogP contribution in [0.25, 0.3) is 0 Å². The molecule has 0 aromatic heterocycles. The topological polar surface area (TPSA) is 53.7 Å². The van der Waals surface area contributed by atoms with Gasteiger partial charge in [0.25, 0.3) is 0 Å². The minimum absolute atomic E-state index is 0.177. The first-order valence-corrected chi connectivity index (χ1v) is 5.50. The van der Waals surface area contributed by atoms with E-state index in [0.717, 1.165) is 24.2 Å². The zero-order chi connectivity index (χ0) is 11.2. The van der Waals surface area contributed by atoms with Gasteiger partial charge in [0.2, 0.25) is 5.75 Å². The average Bonchev–Trinajstić information content (AvgIpc) is 3.07. The summed E-state index contributed by atoms with van der Waals surface area (Å²) in [6.07, 6.45) is 2.05. The molecule has 3 rings (SSSR count). The predicted octanol–water partition coefficient (Wildman–Crippen LogP) is 1.41. The van der Waals surface area contributed by atoms with E-state index < -0.39 is 0 Å². The van der Waals surface area contributed by atoms with Crippen LogP contribution >= 0.6 is 0 Å². The van der Waals surface area contributed by atoms with Crippen molar-refractivity contribution in [1.82, 2.24) is 0 Å². The van der Waals surface area contributed by atoms with E-state index in [9.17, 15) is 0 Å². The molecule has 2 N–H and O–H groups in total. The molecule has 16 heavy (non-hydrogen) atoms. The fourth-order valence-corrected chi connectivity index (χ4v) is 1.98. The van der Waals surface area contributed by atoms with Crippen LogP contribution in [-0.2, 0) is 5.54 Å². The van der Waals surface area contributed by atoms with Gasteiger partial charge in [-0.3, -0.25) is 0 Å². The maximum absolute atomic E-state index is 6.17.